The Balaban J connectivity index is 1.48. The van der Waals surface area contributed by atoms with Gasteiger partial charge in [-0.2, -0.15) is 0 Å². The molecule has 1 aliphatic carbocycles. The van der Waals surface area contributed by atoms with Crippen LogP contribution in [0.4, 0.5) is 0 Å². The third kappa shape index (κ3) is 5.21. The van der Waals surface area contributed by atoms with Gasteiger partial charge in [0, 0.05) is 12.1 Å². The quantitative estimate of drug-likeness (QED) is 0.564. The number of rotatable bonds is 7. The van der Waals surface area contributed by atoms with Crippen molar-refractivity contribution in [3.05, 3.63) is 41.5 Å². The first-order valence-electron chi connectivity index (χ1n) is 9.23. The largest absolute Gasteiger partial charge is 0.355 e. The van der Waals surface area contributed by atoms with Gasteiger partial charge in [-0.15, -0.1) is 5.10 Å². The number of hydrogen-bond donors (Lipinski definition) is 2. The van der Waals surface area contributed by atoms with E-state index in [0.29, 0.717) is 11.7 Å². The minimum atomic E-state index is -0.225. The molecule has 0 fully saturated rings. The van der Waals surface area contributed by atoms with E-state index < -0.39 is 0 Å². The van der Waals surface area contributed by atoms with Crippen molar-refractivity contribution in [3.8, 4) is 11.4 Å². The first-order valence-corrected chi connectivity index (χ1v) is 10.1. The number of amides is 1. The highest BCUT2D eigenvalue weighted by atomic mass is 32.2. The predicted molar refractivity (Wildman–Crippen MR) is 106 cm³/mol. The standard InChI is InChI=1S/C20H26N4OS/c1-14-8-10-17(11-9-14)18-22-20(24-23-18)26-15(2)19(25)21-13-12-16-6-4-3-5-7-16/h6,8-11,15H,3-5,7,12-13H2,1-2H3,(H,21,25)(H,22,23,24)/t15-/m0/s1. The molecule has 0 unspecified atom stereocenters. The van der Waals surface area contributed by atoms with Gasteiger partial charge in [0.15, 0.2) is 5.82 Å². The molecule has 2 aromatic rings. The molecule has 1 heterocycles. The summed E-state index contributed by atoms with van der Waals surface area (Å²) in [7, 11) is 0. The van der Waals surface area contributed by atoms with E-state index in [0.717, 1.165) is 17.8 Å². The van der Waals surface area contributed by atoms with E-state index in [1.165, 1.54) is 48.6 Å². The van der Waals surface area contributed by atoms with Crippen molar-refractivity contribution in [2.24, 2.45) is 0 Å². The molecule has 1 amide bonds. The minimum absolute atomic E-state index is 0.0353. The second-order valence-corrected chi connectivity index (χ2v) is 8.05. The molecular weight excluding hydrogens is 344 g/mol. The van der Waals surface area contributed by atoms with Gasteiger partial charge in [0.25, 0.3) is 0 Å². The summed E-state index contributed by atoms with van der Waals surface area (Å²) in [6, 6.07) is 8.12. The molecule has 1 aromatic carbocycles. The van der Waals surface area contributed by atoms with E-state index in [2.05, 4.69) is 33.5 Å². The van der Waals surface area contributed by atoms with Crippen LogP contribution < -0.4 is 5.32 Å². The van der Waals surface area contributed by atoms with E-state index in [1.54, 1.807) is 0 Å². The fraction of sp³-hybridized carbons (Fsp3) is 0.450. The Morgan fingerprint density at radius 3 is 2.85 bits per heavy atom. The first kappa shape index (κ1) is 18.7. The topological polar surface area (TPSA) is 70.7 Å². The van der Waals surface area contributed by atoms with Gasteiger partial charge in [0.05, 0.1) is 5.25 Å². The molecule has 0 radical (unpaired) electrons. The average Bonchev–Trinajstić information content (AvgIpc) is 3.11. The van der Waals surface area contributed by atoms with Crippen molar-refractivity contribution in [2.75, 3.05) is 6.54 Å². The number of nitrogens with zero attached hydrogens (tertiary/aromatic N) is 2. The van der Waals surface area contributed by atoms with Crippen molar-refractivity contribution in [3.63, 3.8) is 0 Å². The Morgan fingerprint density at radius 1 is 1.31 bits per heavy atom. The lowest BCUT2D eigenvalue weighted by Gasteiger charge is -2.14. The van der Waals surface area contributed by atoms with Gasteiger partial charge in [0.1, 0.15) is 0 Å². The number of allylic oxidation sites excluding steroid dienone is 1. The number of nitrogens with one attached hydrogen (secondary N) is 2. The van der Waals surface area contributed by atoms with Crippen LogP contribution in [0.25, 0.3) is 11.4 Å². The predicted octanol–water partition coefficient (Wildman–Crippen LogP) is 4.27. The monoisotopic (exact) mass is 370 g/mol. The van der Waals surface area contributed by atoms with Crippen molar-refractivity contribution < 1.29 is 4.79 Å². The van der Waals surface area contributed by atoms with Crippen LogP contribution in [-0.4, -0.2) is 32.9 Å². The molecule has 138 valence electrons. The zero-order valence-electron chi connectivity index (χ0n) is 15.4. The molecule has 1 atom stereocenters. The van der Waals surface area contributed by atoms with Crippen molar-refractivity contribution in [2.45, 2.75) is 56.4 Å². The van der Waals surface area contributed by atoms with Crippen LogP contribution in [0.1, 0.15) is 44.6 Å². The lowest BCUT2D eigenvalue weighted by molar-refractivity contribution is -0.120. The van der Waals surface area contributed by atoms with Crippen LogP contribution in [0.15, 0.2) is 41.1 Å². The Hall–Kier alpha value is -2.08. The SMILES string of the molecule is Cc1ccc(-c2nc(S[C@@H](C)C(=O)NCCC3=CCCCC3)n[nH]2)cc1. The van der Waals surface area contributed by atoms with Gasteiger partial charge >= 0.3 is 0 Å². The Bertz CT molecular complexity index is 766. The molecule has 0 spiro atoms. The maximum Gasteiger partial charge on any atom is 0.233 e. The number of benzene rings is 1. The third-order valence-electron chi connectivity index (χ3n) is 4.57. The molecular formula is C20H26N4OS. The van der Waals surface area contributed by atoms with E-state index in [4.69, 9.17) is 0 Å². The molecule has 0 aliphatic heterocycles. The van der Waals surface area contributed by atoms with Crippen LogP contribution in [0.5, 0.6) is 0 Å². The van der Waals surface area contributed by atoms with E-state index in [1.807, 2.05) is 31.2 Å². The number of aromatic amines is 1. The van der Waals surface area contributed by atoms with Gasteiger partial charge in [-0.3, -0.25) is 9.89 Å². The molecule has 6 heteroatoms. The Labute approximate surface area is 159 Å². The molecule has 3 rings (SSSR count). The molecule has 0 saturated heterocycles. The van der Waals surface area contributed by atoms with Gasteiger partial charge in [0.2, 0.25) is 11.1 Å². The highest BCUT2D eigenvalue weighted by Gasteiger charge is 2.17. The van der Waals surface area contributed by atoms with Gasteiger partial charge < -0.3 is 5.32 Å². The summed E-state index contributed by atoms with van der Waals surface area (Å²) >= 11 is 1.38. The molecule has 1 aromatic heterocycles. The number of thioether (sulfide) groups is 1. The highest BCUT2D eigenvalue weighted by molar-refractivity contribution is 8.00. The zero-order valence-corrected chi connectivity index (χ0v) is 16.2. The van der Waals surface area contributed by atoms with Crippen LogP contribution in [-0.2, 0) is 4.79 Å². The Morgan fingerprint density at radius 2 is 2.12 bits per heavy atom. The second kappa shape index (κ2) is 9.03. The Kier molecular flexibility index (Phi) is 6.50. The fourth-order valence-corrected chi connectivity index (χ4v) is 3.72. The lowest BCUT2D eigenvalue weighted by Crippen LogP contribution is -2.32. The molecule has 2 N–H and O–H groups in total. The molecule has 5 nitrogen and oxygen atoms in total. The average molecular weight is 371 g/mol. The van der Waals surface area contributed by atoms with Crippen LogP contribution in [0.3, 0.4) is 0 Å². The number of aryl methyl sites for hydroxylation is 1. The summed E-state index contributed by atoms with van der Waals surface area (Å²) in [6.07, 6.45) is 8.23. The summed E-state index contributed by atoms with van der Waals surface area (Å²) in [4.78, 5) is 16.8. The second-order valence-electron chi connectivity index (χ2n) is 6.74. The summed E-state index contributed by atoms with van der Waals surface area (Å²) in [5.41, 5.74) is 3.68. The summed E-state index contributed by atoms with van der Waals surface area (Å²) in [6.45, 7) is 4.65. The first-order chi connectivity index (χ1) is 12.6. The van der Waals surface area contributed by atoms with Gasteiger partial charge in [-0.05, 0) is 46.0 Å². The zero-order chi connectivity index (χ0) is 18.4. The van der Waals surface area contributed by atoms with Gasteiger partial charge in [-0.25, -0.2) is 4.98 Å². The molecule has 26 heavy (non-hydrogen) atoms. The maximum absolute atomic E-state index is 12.3. The van der Waals surface area contributed by atoms with E-state index >= 15 is 0 Å². The third-order valence-corrected chi connectivity index (χ3v) is 5.53. The minimum Gasteiger partial charge on any atom is -0.355 e. The number of carbonyl (C=O) groups is 1. The van der Waals surface area contributed by atoms with Gasteiger partial charge in [-0.1, -0.05) is 53.2 Å². The van der Waals surface area contributed by atoms with E-state index in [9.17, 15) is 4.79 Å². The fourth-order valence-electron chi connectivity index (χ4n) is 2.97. The van der Waals surface area contributed by atoms with Crippen molar-refractivity contribution >= 4 is 17.7 Å². The summed E-state index contributed by atoms with van der Waals surface area (Å²) in [5, 5.41) is 10.6. The summed E-state index contributed by atoms with van der Waals surface area (Å²) < 4.78 is 0. The molecule has 1 aliphatic rings. The lowest BCUT2D eigenvalue weighted by atomic mass is 9.97. The van der Waals surface area contributed by atoms with Crippen molar-refractivity contribution in [1.29, 1.82) is 0 Å². The van der Waals surface area contributed by atoms with Crippen LogP contribution in [0.2, 0.25) is 0 Å². The summed E-state index contributed by atoms with van der Waals surface area (Å²) in [5.74, 6) is 0.762. The normalized spacial score (nSPS) is 15.4. The van der Waals surface area contributed by atoms with E-state index in [-0.39, 0.29) is 11.2 Å². The highest BCUT2D eigenvalue weighted by Crippen LogP contribution is 2.23. The number of H-pyrrole nitrogens is 1. The maximum atomic E-state index is 12.3. The number of hydrogen-bond acceptors (Lipinski definition) is 4. The number of aromatic nitrogens is 3. The van der Waals surface area contributed by atoms with Crippen LogP contribution in [0, 0.1) is 6.92 Å². The number of carbonyl (C=O) groups excluding carboxylic acids is 1. The molecule has 0 bridgehead atoms. The smallest absolute Gasteiger partial charge is 0.233 e. The van der Waals surface area contributed by atoms with Crippen molar-refractivity contribution in [1.82, 2.24) is 20.5 Å². The van der Waals surface area contributed by atoms with Crippen LogP contribution >= 0.6 is 11.8 Å². The molecule has 0 saturated carbocycles.